The van der Waals surface area contributed by atoms with Crippen molar-refractivity contribution in [2.75, 3.05) is 23.5 Å². The summed E-state index contributed by atoms with van der Waals surface area (Å²) in [6.45, 7) is 4.07. The number of benzene rings is 1. The lowest BCUT2D eigenvalue weighted by atomic mass is 10.0. The fourth-order valence-corrected chi connectivity index (χ4v) is 5.17. The third-order valence-corrected chi connectivity index (χ3v) is 6.82. The number of thioether (sulfide) groups is 1. The number of aromatic nitrogens is 3. The van der Waals surface area contributed by atoms with Crippen molar-refractivity contribution in [2.45, 2.75) is 37.9 Å². The van der Waals surface area contributed by atoms with E-state index in [0.717, 1.165) is 34.3 Å². The topological polar surface area (TPSA) is 81.1 Å². The molecule has 31 heavy (non-hydrogen) atoms. The largest absolute Gasteiger partial charge is 0.495 e. The Morgan fingerprint density at radius 1 is 1.32 bits per heavy atom. The zero-order valence-corrected chi connectivity index (χ0v) is 19.3. The second-order valence-electron chi connectivity index (χ2n) is 7.10. The molecule has 1 aromatic carbocycles. The lowest BCUT2D eigenvalue weighted by Crippen LogP contribution is -2.31. The smallest absolute Gasteiger partial charge is 0.256 e. The third-order valence-electron chi connectivity index (χ3n) is 4.97. The minimum atomic E-state index is -0.348. The quantitative estimate of drug-likeness (QED) is 0.360. The molecule has 162 valence electrons. The van der Waals surface area contributed by atoms with Gasteiger partial charge < -0.3 is 15.4 Å². The van der Waals surface area contributed by atoms with Gasteiger partial charge in [-0.1, -0.05) is 43.3 Å². The molecule has 4 rings (SSSR count). The van der Waals surface area contributed by atoms with Crippen LogP contribution in [-0.4, -0.2) is 33.5 Å². The summed E-state index contributed by atoms with van der Waals surface area (Å²) >= 11 is 3.24. The van der Waals surface area contributed by atoms with Crippen LogP contribution in [0.3, 0.4) is 0 Å². The molecule has 7 nitrogen and oxygen atoms in total. The summed E-state index contributed by atoms with van der Waals surface area (Å²) in [6.07, 6.45) is 2.24. The van der Waals surface area contributed by atoms with E-state index in [2.05, 4.69) is 22.5 Å². The molecule has 2 aromatic heterocycles. The van der Waals surface area contributed by atoms with Crippen LogP contribution in [0, 0.1) is 0 Å². The summed E-state index contributed by atoms with van der Waals surface area (Å²) in [7, 11) is 1.59. The van der Waals surface area contributed by atoms with Crippen molar-refractivity contribution in [1.82, 2.24) is 14.8 Å². The highest BCUT2D eigenvalue weighted by Crippen LogP contribution is 2.38. The maximum Gasteiger partial charge on any atom is 0.256 e. The predicted octanol–water partition coefficient (Wildman–Crippen LogP) is 5.17. The number of unbranched alkanes of at least 4 members (excludes halogenated alkanes) is 1. The van der Waals surface area contributed by atoms with Crippen molar-refractivity contribution < 1.29 is 9.53 Å². The molecule has 1 aliphatic rings. The highest BCUT2D eigenvalue weighted by Gasteiger charge is 2.35. The molecule has 0 radical (unpaired) electrons. The van der Waals surface area contributed by atoms with Gasteiger partial charge in [0.25, 0.3) is 5.91 Å². The number of nitrogens with one attached hydrogen (secondary N) is 2. The Labute approximate surface area is 189 Å². The minimum absolute atomic E-state index is 0.200. The molecule has 3 aromatic rings. The molecule has 0 aliphatic carbocycles. The van der Waals surface area contributed by atoms with Crippen molar-refractivity contribution in [3.8, 4) is 5.75 Å². The fraction of sp³-hybridized carbons (Fsp3) is 0.318. The van der Waals surface area contributed by atoms with E-state index in [9.17, 15) is 4.79 Å². The van der Waals surface area contributed by atoms with Gasteiger partial charge in [0.2, 0.25) is 11.1 Å². The molecule has 0 saturated carbocycles. The zero-order valence-electron chi connectivity index (χ0n) is 17.7. The molecule has 9 heteroatoms. The normalized spacial score (nSPS) is 15.4. The molecule has 1 amide bonds. The predicted molar refractivity (Wildman–Crippen MR) is 126 cm³/mol. The maximum atomic E-state index is 13.5. The number of carbonyl (C=O) groups excluding carboxylic acids is 1. The van der Waals surface area contributed by atoms with E-state index < -0.39 is 0 Å². The second kappa shape index (κ2) is 9.57. The van der Waals surface area contributed by atoms with Gasteiger partial charge >= 0.3 is 0 Å². The van der Waals surface area contributed by atoms with Gasteiger partial charge in [0.05, 0.1) is 18.4 Å². The van der Waals surface area contributed by atoms with Gasteiger partial charge in [0.15, 0.2) is 0 Å². The average Bonchev–Trinajstić information content (AvgIpc) is 3.43. The van der Waals surface area contributed by atoms with E-state index in [1.165, 1.54) is 0 Å². The van der Waals surface area contributed by atoms with E-state index in [1.54, 1.807) is 30.2 Å². The number of methoxy groups -OCH3 is 1. The Morgan fingerprint density at radius 3 is 2.90 bits per heavy atom. The summed E-state index contributed by atoms with van der Waals surface area (Å²) < 4.78 is 7.21. The van der Waals surface area contributed by atoms with Crippen LogP contribution in [0.5, 0.6) is 5.75 Å². The molecule has 2 N–H and O–H groups in total. The Bertz CT molecular complexity index is 1090. The van der Waals surface area contributed by atoms with Crippen molar-refractivity contribution in [1.29, 1.82) is 0 Å². The monoisotopic (exact) mass is 455 g/mol. The first-order valence-corrected chi connectivity index (χ1v) is 12.0. The summed E-state index contributed by atoms with van der Waals surface area (Å²) in [5.41, 5.74) is 1.99. The van der Waals surface area contributed by atoms with E-state index in [4.69, 9.17) is 9.84 Å². The first-order valence-electron chi connectivity index (χ1n) is 10.2. The number of allylic oxidation sites excluding steroid dienone is 1. The Balaban J connectivity index is 1.69. The molecule has 3 heterocycles. The van der Waals surface area contributed by atoms with Gasteiger partial charge in [-0.3, -0.25) is 4.79 Å². The number of anilines is 2. The summed E-state index contributed by atoms with van der Waals surface area (Å²) in [5.74, 6) is 2.04. The molecule has 1 unspecified atom stereocenters. The van der Waals surface area contributed by atoms with Crippen LogP contribution < -0.4 is 15.4 Å². The maximum absolute atomic E-state index is 13.5. The van der Waals surface area contributed by atoms with E-state index in [1.807, 2.05) is 53.4 Å². The number of hydrogen-bond acceptors (Lipinski definition) is 7. The Hall–Kier alpha value is -2.78. The number of fused-ring (bicyclic) bond motifs is 1. The first-order chi connectivity index (χ1) is 15.1. The van der Waals surface area contributed by atoms with E-state index >= 15 is 0 Å². The number of hydrogen-bond donors (Lipinski definition) is 2. The van der Waals surface area contributed by atoms with Gasteiger partial charge in [-0.05, 0) is 36.9 Å². The van der Waals surface area contributed by atoms with Crippen LogP contribution in [0.15, 0.2) is 58.2 Å². The van der Waals surface area contributed by atoms with E-state index in [0.29, 0.717) is 23.0 Å². The SMILES string of the molecule is CCCCSc1nc2n(n1)C(c1cccs1)C(C(=O)Nc1ccccc1OC)=C(C)N2. The Morgan fingerprint density at radius 2 is 2.16 bits per heavy atom. The van der Waals surface area contributed by atoms with Crippen molar-refractivity contribution in [3.05, 3.63) is 57.9 Å². The van der Waals surface area contributed by atoms with Gasteiger partial charge in [-0.15, -0.1) is 16.4 Å². The van der Waals surface area contributed by atoms with Crippen LogP contribution >= 0.6 is 23.1 Å². The number of para-hydroxylation sites is 2. The minimum Gasteiger partial charge on any atom is -0.495 e. The standard InChI is InChI=1S/C22H25N5O2S2/c1-4-5-12-31-22-25-21-23-14(2)18(19(27(21)26-22)17-11-8-13-30-17)20(28)24-15-9-6-7-10-16(15)29-3/h6-11,13,19H,4-5,12H2,1-3H3,(H,24,28)(H,23,25,26). The van der Waals surface area contributed by atoms with Crippen molar-refractivity contribution >= 4 is 40.6 Å². The molecule has 0 saturated heterocycles. The summed E-state index contributed by atoms with van der Waals surface area (Å²) in [6, 6.07) is 11.0. The summed E-state index contributed by atoms with van der Waals surface area (Å²) in [4.78, 5) is 19.1. The molecule has 0 spiro atoms. The van der Waals surface area contributed by atoms with Crippen LogP contribution in [-0.2, 0) is 4.79 Å². The van der Waals surface area contributed by atoms with Crippen LogP contribution in [0.2, 0.25) is 0 Å². The molecule has 1 atom stereocenters. The highest BCUT2D eigenvalue weighted by atomic mass is 32.2. The molecular weight excluding hydrogens is 430 g/mol. The number of nitrogens with zero attached hydrogens (tertiary/aromatic N) is 3. The lowest BCUT2D eigenvalue weighted by Gasteiger charge is -2.27. The number of carbonyl (C=O) groups is 1. The fourth-order valence-electron chi connectivity index (χ4n) is 3.44. The molecular formula is C22H25N5O2S2. The molecule has 1 aliphatic heterocycles. The van der Waals surface area contributed by atoms with Gasteiger partial charge in [0.1, 0.15) is 11.8 Å². The lowest BCUT2D eigenvalue weighted by molar-refractivity contribution is -0.113. The number of thiophene rings is 1. The van der Waals surface area contributed by atoms with Gasteiger partial charge in [-0.2, -0.15) is 4.98 Å². The Kier molecular flexibility index (Phi) is 6.62. The van der Waals surface area contributed by atoms with Crippen molar-refractivity contribution in [2.24, 2.45) is 0 Å². The second-order valence-corrected chi connectivity index (χ2v) is 9.14. The zero-order chi connectivity index (χ0) is 21.8. The number of amides is 1. The van der Waals surface area contributed by atoms with Crippen LogP contribution in [0.25, 0.3) is 0 Å². The van der Waals surface area contributed by atoms with Crippen LogP contribution in [0.4, 0.5) is 11.6 Å². The van der Waals surface area contributed by atoms with Crippen molar-refractivity contribution in [3.63, 3.8) is 0 Å². The van der Waals surface area contributed by atoms with E-state index in [-0.39, 0.29) is 11.9 Å². The highest BCUT2D eigenvalue weighted by molar-refractivity contribution is 7.99. The van der Waals surface area contributed by atoms with Gasteiger partial charge in [0, 0.05) is 16.3 Å². The summed E-state index contributed by atoms with van der Waals surface area (Å²) in [5, 5.41) is 13.8. The first kappa shape index (κ1) is 21.5. The molecule has 0 bridgehead atoms. The van der Waals surface area contributed by atoms with Gasteiger partial charge in [-0.25, -0.2) is 4.68 Å². The number of ether oxygens (including phenoxy) is 1. The number of rotatable bonds is 8. The average molecular weight is 456 g/mol. The molecule has 0 fully saturated rings. The van der Waals surface area contributed by atoms with Crippen LogP contribution in [0.1, 0.15) is 37.6 Å². The third kappa shape index (κ3) is 4.47.